The molecule has 2 heterocycles. The van der Waals surface area contributed by atoms with Gasteiger partial charge in [-0.05, 0) is 58.3 Å². The van der Waals surface area contributed by atoms with Gasteiger partial charge in [0.1, 0.15) is 21.8 Å². The monoisotopic (exact) mass is 503 g/mol. The van der Waals surface area contributed by atoms with Gasteiger partial charge >= 0.3 is 0 Å². The van der Waals surface area contributed by atoms with E-state index in [1.165, 1.54) is 28.2 Å². The number of nitrogens with one attached hydrogen (secondary N) is 1. The Hall–Kier alpha value is -3.24. The Bertz CT molecular complexity index is 1370. The summed E-state index contributed by atoms with van der Waals surface area (Å²) in [4.78, 5) is 18.5. The second-order valence-corrected chi connectivity index (χ2v) is 11.1. The molecule has 0 radical (unpaired) electrons. The number of halogens is 1. The van der Waals surface area contributed by atoms with Gasteiger partial charge in [-0.25, -0.2) is 4.98 Å². The van der Waals surface area contributed by atoms with Crippen LogP contribution in [0, 0.1) is 11.3 Å². The van der Waals surface area contributed by atoms with Crippen molar-refractivity contribution >= 4 is 56.8 Å². The number of nitrogens with zero attached hydrogens (tertiary/aromatic N) is 2. The molecule has 0 aliphatic heterocycles. The lowest BCUT2D eigenvalue weighted by Crippen LogP contribution is -2.11. The zero-order valence-electron chi connectivity index (χ0n) is 18.9. The topological polar surface area (TPSA) is 65.8 Å². The highest BCUT2D eigenvalue weighted by molar-refractivity contribution is 7.19. The number of thiazole rings is 1. The lowest BCUT2D eigenvalue weighted by molar-refractivity contribution is 0.102. The average molecular weight is 504 g/mol. The first-order valence-corrected chi connectivity index (χ1v) is 12.7. The van der Waals surface area contributed by atoms with Gasteiger partial charge in [-0.3, -0.25) is 4.79 Å². The molecule has 34 heavy (non-hydrogen) atoms. The van der Waals surface area contributed by atoms with Gasteiger partial charge < -0.3 is 5.32 Å². The average Bonchev–Trinajstić information content (AvgIpc) is 3.47. The smallest absolute Gasteiger partial charge is 0.256 e. The van der Waals surface area contributed by atoms with Crippen molar-refractivity contribution in [3.05, 3.63) is 92.8 Å². The van der Waals surface area contributed by atoms with E-state index in [1.54, 1.807) is 24.3 Å². The van der Waals surface area contributed by atoms with Crippen LogP contribution in [-0.4, -0.2) is 10.9 Å². The van der Waals surface area contributed by atoms with Crippen LogP contribution in [0.15, 0.2) is 66.0 Å². The Morgan fingerprint density at radius 3 is 2.38 bits per heavy atom. The fourth-order valence-electron chi connectivity index (χ4n) is 3.26. The van der Waals surface area contributed by atoms with Gasteiger partial charge in [0.2, 0.25) is 0 Å². The van der Waals surface area contributed by atoms with E-state index in [0.717, 1.165) is 10.4 Å². The minimum Gasteiger partial charge on any atom is -0.312 e. The summed E-state index contributed by atoms with van der Waals surface area (Å²) < 4.78 is 0. The lowest BCUT2D eigenvalue weighted by Gasteiger charge is -2.18. The molecular formula is C27H22ClN3OS2. The molecule has 0 fully saturated rings. The van der Waals surface area contributed by atoms with Crippen LogP contribution in [-0.2, 0) is 5.41 Å². The molecule has 0 spiro atoms. The van der Waals surface area contributed by atoms with E-state index in [0.29, 0.717) is 31.9 Å². The van der Waals surface area contributed by atoms with E-state index in [4.69, 9.17) is 16.6 Å². The van der Waals surface area contributed by atoms with E-state index in [-0.39, 0.29) is 11.3 Å². The Morgan fingerprint density at radius 2 is 1.79 bits per heavy atom. The standard InChI is InChI=1S/C27H22ClN3OS2/c1-27(2,3)20-10-6-17(7-11-20)15-19(16-29)25-30-23(22-5-4-14-33-22)26(34-25)31-24(32)18-8-12-21(28)13-9-18/h4-15H,1-3H3,(H,31,32). The number of allylic oxidation sites excluding steroid dienone is 1. The summed E-state index contributed by atoms with van der Waals surface area (Å²) >= 11 is 8.76. The molecule has 0 atom stereocenters. The van der Waals surface area contributed by atoms with Gasteiger partial charge in [-0.15, -0.1) is 11.3 Å². The number of hydrogen-bond donors (Lipinski definition) is 1. The third kappa shape index (κ3) is 5.45. The van der Waals surface area contributed by atoms with E-state index in [1.807, 2.05) is 35.7 Å². The molecule has 2 aromatic heterocycles. The summed E-state index contributed by atoms with van der Waals surface area (Å²) in [6.45, 7) is 6.50. The summed E-state index contributed by atoms with van der Waals surface area (Å²) in [6.07, 6.45) is 1.83. The molecule has 1 amide bonds. The predicted molar refractivity (Wildman–Crippen MR) is 143 cm³/mol. The third-order valence-electron chi connectivity index (χ3n) is 5.15. The van der Waals surface area contributed by atoms with Crippen LogP contribution >= 0.6 is 34.3 Å². The van der Waals surface area contributed by atoms with E-state index in [9.17, 15) is 10.1 Å². The number of rotatable bonds is 5. The normalized spacial score (nSPS) is 11.8. The van der Waals surface area contributed by atoms with Gasteiger partial charge in [0, 0.05) is 10.6 Å². The minimum atomic E-state index is -0.259. The number of benzene rings is 2. The van der Waals surface area contributed by atoms with Crippen LogP contribution in [0.5, 0.6) is 0 Å². The summed E-state index contributed by atoms with van der Waals surface area (Å²) in [5.74, 6) is -0.259. The number of carbonyl (C=O) groups excluding carboxylic acids is 1. The Morgan fingerprint density at radius 1 is 1.09 bits per heavy atom. The second kappa shape index (κ2) is 9.94. The van der Waals surface area contributed by atoms with Crippen molar-refractivity contribution in [1.82, 2.24) is 4.98 Å². The first-order valence-electron chi connectivity index (χ1n) is 10.6. The molecular weight excluding hydrogens is 482 g/mol. The number of anilines is 1. The van der Waals surface area contributed by atoms with Crippen LogP contribution in [0.25, 0.3) is 22.2 Å². The van der Waals surface area contributed by atoms with E-state index in [2.05, 4.69) is 44.3 Å². The molecule has 0 unspecified atom stereocenters. The zero-order chi connectivity index (χ0) is 24.3. The molecule has 0 saturated carbocycles. The molecule has 4 aromatic rings. The number of hydrogen-bond acceptors (Lipinski definition) is 5. The molecule has 2 aromatic carbocycles. The van der Waals surface area contributed by atoms with Crippen molar-refractivity contribution < 1.29 is 4.79 Å². The molecule has 0 aliphatic rings. The van der Waals surface area contributed by atoms with Crippen molar-refractivity contribution in [2.75, 3.05) is 5.32 Å². The molecule has 0 aliphatic carbocycles. The first kappa shape index (κ1) is 23.9. The fourth-order valence-corrected chi connectivity index (χ4v) is 5.12. The first-order chi connectivity index (χ1) is 16.2. The van der Waals surface area contributed by atoms with Crippen LogP contribution < -0.4 is 5.32 Å². The van der Waals surface area contributed by atoms with Gasteiger partial charge in [-0.1, -0.05) is 74.0 Å². The quantitative estimate of drug-likeness (QED) is 0.279. The summed E-state index contributed by atoms with van der Waals surface area (Å²) in [7, 11) is 0. The largest absolute Gasteiger partial charge is 0.312 e. The molecule has 0 bridgehead atoms. The van der Waals surface area contributed by atoms with Crippen molar-refractivity contribution in [2.24, 2.45) is 0 Å². The van der Waals surface area contributed by atoms with Gasteiger partial charge in [0.25, 0.3) is 5.91 Å². The van der Waals surface area contributed by atoms with E-state index < -0.39 is 0 Å². The molecule has 0 saturated heterocycles. The molecule has 1 N–H and O–H groups in total. The highest BCUT2D eigenvalue weighted by atomic mass is 35.5. The lowest BCUT2D eigenvalue weighted by atomic mass is 9.86. The number of carbonyl (C=O) groups is 1. The zero-order valence-corrected chi connectivity index (χ0v) is 21.3. The van der Waals surface area contributed by atoms with Crippen molar-refractivity contribution in [1.29, 1.82) is 5.26 Å². The Kier molecular flexibility index (Phi) is 6.99. The maximum Gasteiger partial charge on any atom is 0.256 e. The van der Waals surface area contributed by atoms with Crippen molar-refractivity contribution in [3.63, 3.8) is 0 Å². The Labute approximate surface area is 212 Å². The SMILES string of the molecule is CC(C)(C)c1ccc(C=C(C#N)c2nc(-c3cccs3)c(NC(=O)c3ccc(Cl)cc3)s2)cc1. The molecule has 4 nitrogen and oxygen atoms in total. The van der Waals surface area contributed by atoms with Crippen molar-refractivity contribution in [3.8, 4) is 16.6 Å². The maximum atomic E-state index is 12.8. The van der Waals surface area contributed by atoms with Gasteiger partial charge in [0.05, 0.1) is 10.5 Å². The van der Waals surface area contributed by atoms with Crippen LogP contribution in [0.4, 0.5) is 5.00 Å². The van der Waals surface area contributed by atoms with Gasteiger partial charge in [0.15, 0.2) is 0 Å². The minimum absolute atomic E-state index is 0.0580. The molecule has 7 heteroatoms. The maximum absolute atomic E-state index is 12.8. The number of thiophene rings is 1. The summed E-state index contributed by atoms with van der Waals surface area (Å²) in [5, 5.41) is 16.5. The highest BCUT2D eigenvalue weighted by Crippen LogP contribution is 2.38. The number of nitriles is 1. The summed E-state index contributed by atoms with van der Waals surface area (Å²) in [6, 6.07) is 21.0. The van der Waals surface area contributed by atoms with Gasteiger partial charge in [-0.2, -0.15) is 5.26 Å². The number of aromatic nitrogens is 1. The van der Waals surface area contributed by atoms with Crippen LogP contribution in [0.3, 0.4) is 0 Å². The third-order valence-corrected chi connectivity index (χ3v) is 7.29. The predicted octanol–water partition coefficient (Wildman–Crippen LogP) is 8.14. The number of amides is 1. The van der Waals surface area contributed by atoms with Crippen molar-refractivity contribution in [2.45, 2.75) is 26.2 Å². The fraction of sp³-hybridized carbons (Fsp3) is 0.148. The highest BCUT2D eigenvalue weighted by Gasteiger charge is 2.19. The Balaban J connectivity index is 1.69. The molecule has 4 rings (SSSR count). The van der Waals surface area contributed by atoms with E-state index >= 15 is 0 Å². The molecule has 170 valence electrons. The van der Waals surface area contributed by atoms with Crippen LogP contribution in [0.1, 0.15) is 47.3 Å². The van der Waals surface area contributed by atoms with Crippen LogP contribution in [0.2, 0.25) is 5.02 Å². The summed E-state index contributed by atoms with van der Waals surface area (Å²) in [5.41, 5.74) is 3.79. The second-order valence-electron chi connectivity index (χ2n) is 8.68.